The summed E-state index contributed by atoms with van der Waals surface area (Å²) in [5.41, 5.74) is 0.431. The molecule has 8 heteroatoms. The minimum absolute atomic E-state index is 0.0159. The van der Waals surface area contributed by atoms with E-state index in [9.17, 15) is 24.3 Å². The van der Waals surface area contributed by atoms with E-state index in [0.717, 1.165) is 19.3 Å². The van der Waals surface area contributed by atoms with Crippen LogP contribution in [0.3, 0.4) is 0 Å². The third kappa shape index (κ3) is 5.06. The van der Waals surface area contributed by atoms with Crippen LogP contribution >= 0.6 is 0 Å². The van der Waals surface area contributed by atoms with Gasteiger partial charge in [-0.3, -0.25) is 9.59 Å². The highest BCUT2D eigenvalue weighted by molar-refractivity contribution is 6.01. The number of nitrogens with one attached hydrogen (secondary N) is 1. The van der Waals surface area contributed by atoms with Gasteiger partial charge in [-0.2, -0.15) is 0 Å². The molecule has 2 aliphatic carbocycles. The number of carbonyl (C=O) groups is 4. The Morgan fingerprint density at radius 2 is 1.35 bits per heavy atom. The second-order valence-corrected chi connectivity index (χ2v) is 8.92. The maximum absolute atomic E-state index is 13.0. The molecule has 1 amide bonds. The van der Waals surface area contributed by atoms with Gasteiger partial charge in [0.1, 0.15) is 0 Å². The van der Waals surface area contributed by atoms with Crippen molar-refractivity contribution in [2.75, 3.05) is 5.32 Å². The van der Waals surface area contributed by atoms with Gasteiger partial charge in [0.25, 0.3) is 0 Å². The van der Waals surface area contributed by atoms with E-state index in [1.165, 1.54) is 18.2 Å². The molecule has 0 aromatic heterocycles. The van der Waals surface area contributed by atoms with Gasteiger partial charge in [0.15, 0.2) is 0 Å². The molecule has 1 aromatic rings. The molecule has 4 atom stereocenters. The fourth-order valence-electron chi connectivity index (χ4n) is 4.75. The van der Waals surface area contributed by atoms with E-state index in [2.05, 4.69) is 5.32 Å². The van der Waals surface area contributed by atoms with Crippen LogP contribution in [-0.2, 0) is 19.1 Å². The summed E-state index contributed by atoms with van der Waals surface area (Å²) in [7, 11) is 0. The first-order valence-electron chi connectivity index (χ1n) is 10.7. The van der Waals surface area contributed by atoms with Crippen molar-refractivity contribution in [1.29, 1.82) is 0 Å². The van der Waals surface area contributed by atoms with Crippen LogP contribution in [-0.4, -0.2) is 41.1 Å². The van der Waals surface area contributed by atoms with Crippen molar-refractivity contribution in [3.05, 3.63) is 29.3 Å². The zero-order valence-corrected chi connectivity index (χ0v) is 18.2. The summed E-state index contributed by atoms with van der Waals surface area (Å²) in [6, 6.07) is 4.22. The number of ether oxygens (including phenoxy) is 2. The van der Waals surface area contributed by atoms with E-state index in [0.29, 0.717) is 0 Å². The number of fused-ring (bicyclic) bond motifs is 2. The Morgan fingerprint density at radius 3 is 1.81 bits per heavy atom. The lowest BCUT2D eigenvalue weighted by molar-refractivity contribution is -0.148. The van der Waals surface area contributed by atoms with Crippen molar-refractivity contribution in [2.24, 2.45) is 23.7 Å². The van der Waals surface area contributed by atoms with Gasteiger partial charge in [-0.05, 0) is 77.0 Å². The summed E-state index contributed by atoms with van der Waals surface area (Å²) in [6.45, 7) is 6.83. The summed E-state index contributed by atoms with van der Waals surface area (Å²) >= 11 is 0. The average molecular weight is 431 g/mol. The van der Waals surface area contributed by atoms with Gasteiger partial charge in [-0.1, -0.05) is 0 Å². The number of aliphatic carboxylic acids is 1. The van der Waals surface area contributed by atoms with Crippen molar-refractivity contribution < 1.29 is 33.8 Å². The first kappa shape index (κ1) is 22.8. The predicted octanol–water partition coefficient (Wildman–Crippen LogP) is 3.50. The summed E-state index contributed by atoms with van der Waals surface area (Å²) in [5.74, 6) is -3.92. The minimum atomic E-state index is -0.956. The Morgan fingerprint density at radius 1 is 0.871 bits per heavy atom. The molecule has 0 aliphatic heterocycles. The Bertz CT molecular complexity index is 852. The number of carboxylic acid groups (broad SMARTS) is 1. The molecule has 0 unspecified atom stereocenters. The van der Waals surface area contributed by atoms with Crippen LogP contribution in [0, 0.1) is 23.7 Å². The van der Waals surface area contributed by atoms with Crippen molar-refractivity contribution >= 4 is 29.5 Å². The largest absolute Gasteiger partial charge is 0.481 e. The van der Waals surface area contributed by atoms with E-state index >= 15 is 0 Å². The van der Waals surface area contributed by atoms with Gasteiger partial charge in [0, 0.05) is 5.69 Å². The molecular weight excluding hydrogens is 402 g/mol. The van der Waals surface area contributed by atoms with Crippen molar-refractivity contribution in [1.82, 2.24) is 0 Å². The van der Waals surface area contributed by atoms with Crippen LogP contribution in [0.15, 0.2) is 18.2 Å². The second-order valence-electron chi connectivity index (χ2n) is 8.92. The van der Waals surface area contributed by atoms with E-state index in [-0.39, 0.29) is 40.9 Å². The number of amides is 1. The molecule has 2 aliphatic rings. The van der Waals surface area contributed by atoms with Crippen molar-refractivity contribution in [3.8, 4) is 0 Å². The summed E-state index contributed by atoms with van der Waals surface area (Å²) in [5, 5.41) is 12.4. The lowest BCUT2D eigenvalue weighted by Crippen LogP contribution is -2.37. The molecule has 2 N–H and O–H groups in total. The number of hydrogen-bond donors (Lipinski definition) is 2. The lowest BCUT2D eigenvalue weighted by atomic mass is 9.78. The van der Waals surface area contributed by atoms with Gasteiger partial charge in [-0.15, -0.1) is 0 Å². The molecule has 168 valence electrons. The Hall–Kier alpha value is -2.90. The molecule has 0 spiro atoms. The standard InChI is InChI=1S/C23H29NO7/c1-11(2)30-22(28)15-8-16(23(29)31-12(3)4)10-17(9-15)24-20(25)18-13-5-6-14(7-13)19(18)21(26)27/h8-14,18-19H,5-7H2,1-4H3,(H,24,25)(H,26,27)/t13-,14-,18+,19-/m0/s1. The Kier molecular flexibility index (Phi) is 6.67. The molecule has 31 heavy (non-hydrogen) atoms. The van der Waals surface area contributed by atoms with E-state index < -0.39 is 35.7 Å². The molecule has 2 bridgehead atoms. The molecule has 0 saturated heterocycles. The minimum Gasteiger partial charge on any atom is -0.481 e. The van der Waals surface area contributed by atoms with Gasteiger partial charge < -0.3 is 19.9 Å². The van der Waals surface area contributed by atoms with Crippen LogP contribution in [0.4, 0.5) is 5.69 Å². The SMILES string of the molecule is CC(C)OC(=O)c1cc(NC(=O)[C@@H]2[C@H]3CC[C@@H](C3)[C@@H]2C(=O)O)cc(C(=O)OC(C)C)c1. The van der Waals surface area contributed by atoms with Crippen LogP contribution in [0.2, 0.25) is 0 Å². The Labute approximate surface area is 181 Å². The first-order valence-corrected chi connectivity index (χ1v) is 10.7. The van der Waals surface area contributed by atoms with Gasteiger partial charge in [0.2, 0.25) is 5.91 Å². The number of carbonyl (C=O) groups excluding carboxylic acids is 3. The highest BCUT2D eigenvalue weighted by Gasteiger charge is 2.54. The Balaban J connectivity index is 1.88. The summed E-state index contributed by atoms with van der Waals surface area (Å²) < 4.78 is 10.4. The van der Waals surface area contributed by atoms with E-state index in [1.54, 1.807) is 27.7 Å². The monoisotopic (exact) mass is 431 g/mol. The quantitative estimate of drug-likeness (QED) is 0.634. The zero-order valence-electron chi connectivity index (χ0n) is 18.2. The summed E-state index contributed by atoms with van der Waals surface area (Å²) in [4.78, 5) is 49.6. The molecule has 8 nitrogen and oxygen atoms in total. The van der Waals surface area contributed by atoms with Crippen LogP contribution in [0.25, 0.3) is 0 Å². The third-order valence-corrected chi connectivity index (χ3v) is 5.86. The highest BCUT2D eigenvalue weighted by atomic mass is 16.5. The normalized spacial score (nSPS) is 24.3. The number of rotatable bonds is 7. The molecule has 1 aromatic carbocycles. The van der Waals surface area contributed by atoms with Crippen LogP contribution < -0.4 is 5.32 Å². The van der Waals surface area contributed by atoms with Gasteiger partial charge >= 0.3 is 17.9 Å². The average Bonchev–Trinajstić information content (AvgIpc) is 3.28. The molecule has 2 saturated carbocycles. The van der Waals surface area contributed by atoms with E-state index in [4.69, 9.17) is 9.47 Å². The topological polar surface area (TPSA) is 119 Å². The zero-order chi connectivity index (χ0) is 22.9. The number of hydrogen-bond acceptors (Lipinski definition) is 6. The molecule has 0 radical (unpaired) electrons. The highest BCUT2D eigenvalue weighted by Crippen LogP contribution is 2.52. The molecule has 0 heterocycles. The third-order valence-electron chi connectivity index (χ3n) is 5.86. The van der Waals surface area contributed by atoms with Gasteiger partial charge in [0.05, 0.1) is 35.2 Å². The summed E-state index contributed by atoms with van der Waals surface area (Å²) in [6.07, 6.45) is 1.68. The van der Waals surface area contributed by atoms with Crippen molar-refractivity contribution in [3.63, 3.8) is 0 Å². The molecule has 3 rings (SSSR count). The number of anilines is 1. The number of benzene rings is 1. The fraction of sp³-hybridized carbons (Fsp3) is 0.565. The first-order chi connectivity index (χ1) is 14.6. The lowest BCUT2D eigenvalue weighted by Gasteiger charge is -2.27. The molecular formula is C23H29NO7. The van der Waals surface area contributed by atoms with Gasteiger partial charge in [-0.25, -0.2) is 9.59 Å². The van der Waals surface area contributed by atoms with E-state index in [1.807, 2.05) is 0 Å². The second kappa shape index (κ2) is 9.08. The number of esters is 2. The van der Waals surface area contributed by atoms with Crippen LogP contribution in [0.1, 0.15) is 67.7 Å². The smallest absolute Gasteiger partial charge is 0.338 e. The fourth-order valence-corrected chi connectivity index (χ4v) is 4.75. The maximum atomic E-state index is 13.0. The predicted molar refractivity (Wildman–Crippen MR) is 112 cm³/mol. The van der Waals surface area contributed by atoms with Crippen molar-refractivity contribution in [2.45, 2.75) is 59.2 Å². The molecule has 2 fully saturated rings. The van der Waals surface area contributed by atoms with Crippen LogP contribution in [0.5, 0.6) is 0 Å². The number of carboxylic acids is 1. The maximum Gasteiger partial charge on any atom is 0.338 e.